The maximum absolute atomic E-state index is 12.5. The number of aromatic nitrogens is 2. The minimum atomic E-state index is -3.88. The molecular weight excluding hydrogens is 394 g/mol. The van der Waals surface area contributed by atoms with Crippen LogP contribution in [0.5, 0.6) is 5.75 Å². The smallest absolute Gasteiger partial charge is 0.263 e. The number of sulfonamides is 1. The van der Waals surface area contributed by atoms with Crippen LogP contribution in [-0.4, -0.2) is 31.7 Å². The Hall–Kier alpha value is -3.66. The molecule has 0 saturated heterocycles. The molecule has 2 aromatic carbocycles. The van der Waals surface area contributed by atoms with Gasteiger partial charge in [0.2, 0.25) is 5.95 Å². The third-order valence-corrected chi connectivity index (χ3v) is 5.18. The Morgan fingerprint density at radius 1 is 1.10 bits per heavy atom. The first-order valence-corrected chi connectivity index (χ1v) is 9.98. The number of anilines is 2. The van der Waals surface area contributed by atoms with Gasteiger partial charge in [0.15, 0.2) is 0 Å². The van der Waals surface area contributed by atoms with Crippen LogP contribution in [0.3, 0.4) is 0 Å². The van der Waals surface area contributed by atoms with Crippen LogP contribution in [0.2, 0.25) is 0 Å². The molecular formula is C19H19N5O4S. The van der Waals surface area contributed by atoms with Crippen molar-refractivity contribution in [3.63, 3.8) is 0 Å². The largest absolute Gasteiger partial charge is 0.497 e. The van der Waals surface area contributed by atoms with Crippen LogP contribution in [-0.2, 0) is 10.0 Å². The van der Waals surface area contributed by atoms with Crippen molar-refractivity contribution in [1.29, 1.82) is 0 Å². The molecule has 0 radical (unpaired) electrons. The molecule has 1 heterocycles. The quantitative estimate of drug-likeness (QED) is 0.403. The maximum atomic E-state index is 12.5. The highest BCUT2D eigenvalue weighted by atomic mass is 32.2. The van der Waals surface area contributed by atoms with E-state index in [2.05, 4.69) is 25.2 Å². The second kappa shape index (κ2) is 8.57. The van der Waals surface area contributed by atoms with Gasteiger partial charge in [0.25, 0.3) is 15.6 Å². The van der Waals surface area contributed by atoms with E-state index in [9.17, 15) is 13.2 Å². The molecule has 0 fully saturated rings. The van der Waals surface area contributed by atoms with Crippen LogP contribution in [0, 0.1) is 6.92 Å². The van der Waals surface area contributed by atoms with Crippen molar-refractivity contribution >= 4 is 28.0 Å². The van der Waals surface area contributed by atoms with E-state index in [0.29, 0.717) is 0 Å². The number of ether oxygens (including phenoxy) is 1. The fourth-order valence-electron chi connectivity index (χ4n) is 2.33. The number of nitrogens with one attached hydrogen (secondary N) is 3. The van der Waals surface area contributed by atoms with Gasteiger partial charge in [-0.2, -0.15) is 10.1 Å². The van der Waals surface area contributed by atoms with Crippen molar-refractivity contribution in [2.75, 3.05) is 17.3 Å². The fraction of sp³-hybridized carbons (Fsp3) is 0.105. The lowest BCUT2D eigenvalue weighted by atomic mass is 10.2. The van der Waals surface area contributed by atoms with Crippen molar-refractivity contribution in [2.45, 2.75) is 11.8 Å². The van der Waals surface area contributed by atoms with Crippen molar-refractivity contribution in [2.24, 2.45) is 5.10 Å². The van der Waals surface area contributed by atoms with E-state index in [1.165, 1.54) is 18.3 Å². The number of benzene rings is 2. The number of nitrogens with zero attached hydrogens (tertiary/aromatic N) is 2. The average molecular weight is 413 g/mol. The first-order valence-electron chi connectivity index (χ1n) is 8.50. The lowest BCUT2D eigenvalue weighted by Gasteiger charge is -2.08. The molecule has 0 saturated carbocycles. The molecule has 0 unspecified atom stereocenters. The standard InChI is InChI=1S/C19H19N5O4S/c1-13-3-9-16(10-4-13)29(26,27)24-17-11-18(25)22-19(21-17)23-20-12-14-5-7-15(28-2)8-6-14/h3-12H,1-2H3,(H3,21,22,23,24,25)/b20-12+. The molecule has 3 aromatic rings. The van der Waals surface area contributed by atoms with Crippen LogP contribution < -0.4 is 20.4 Å². The topological polar surface area (TPSA) is 126 Å². The number of rotatable bonds is 7. The van der Waals surface area contributed by atoms with Gasteiger partial charge in [0.05, 0.1) is 18.2 Å². The Morgan fingerprint density at radius 2 is 1.79 bits per heavy atom. The minimum absolute atomic E-state index is 0.0103. The van der Waals surface area contributed by atoms with E-state index in [0.717, 1.165) is 22.9 Å². The number of aryl methyl sites for hydroxylation is 1. The number of hydrogen-bond acceptors (Lipinski definition) is 7. The summed E-state index contributed by atoms with van der Waals surface area (Å²) in [4.78, 5) is 18.4. The maximum Gasteiger partial charge on any atom is 0.263 e. The molecule has 3 rings (SSSR count). The van der Waals surface area contributed by atoms with Crippen molar-refractivity contribution < 1.29 is 13.2 Å². The SMILES string of the molecule is COc1ccc(/C=N/Nc2nc(NS(=O)(=O)c3ccc(C)cc3)cc(=O)[nH]2)cc1. The molecule has 1 aromatic heterocycles. The summed E-state index contributed by atoms with van der Waals surface area (Å²) in [7, 11) is -2.30. The zero-order valence-electron chi connectivity index (χ0n) is 15.7. The Balaban J connectivity index is 1.74. The van der Waals surface area contributed by atoms with Gasteiger partial charge in [-0.15, -0.1) is 0 Å². The van der Waals surface area contributed by atoms with Crippen LogP contribution in [0.25, 0.3) is 0 Å². The summed E-state index contributed by atoms with van der Waals surface area (Å²) in [5.74, 6) is 0.579. The van der Waals surface area contributed by atoms with E-state index in [1.54, 1.807) is 43.5 Å². The van der Waals surface area contributed by atoms with Gasteiger partial charge < -0.3 is 4.74 Å². The van der Waals surface area contributed by atoms with E-state index in [1.807, 2.05) is 6.92 Å². The molecule has 0 aliphatic rings. The highest BCUT2D eigenvalue weighted by Crippen LogP contribution is 2.15. The van der Waals surface area contributed by atoms with Crippen LogP contribution in [0.15, 0.2) is 69.4 Å². The number of hydrazone groups is 1. The summed E-state index contributed by atoms with van der Waals surface area (Å²) < 4.78 is 32.3. The number of aromatic amines is 1. The first-order chi connectivity index (χ1) is 13.9. The van der Waals surface area contributed by atoms with Crippen molar-refractivity contribution in [3.05, 3.63) is 76.1 Å². The minimum Gasteiger partial charge on any atom is -0.497 e. The normalized spacial score (nSPS) is 11.4. The number of H-pyrrole nitrogens is 1. The summed E-state index contributed by atoms with van der Waals surface area (Å²) in [6.07, 6.45) is 1.52. The molecule has 0 spiro atoms. The van der Waals surface area contributed by atoms with Gasteiger partial charge >= 0.3 is 0 Å². The lowest BCUT2D eigenvalue weighted by Crippen LogP contribution is -2.18. The molecule has 0 bridgehead atoms. The predicted octanol–water partition coefficient (Wildman–Crippen LogP) is 2.33. The summed E-state index contributed by atoms with van der Waals surface area (Å²) in [5.41, 5.74) is 3.75. The summed E-state index contributed by atoms with van der Waals surface area (Å²) >= 11 is 0. The van der Waals surface area contributed by atoms with Gasteiger partial charge in [-0.05, 0) is 48.9 Å². The lowest BCUT2D eigenvalue weighted by molar-refractivity contribution is 0.415. The molecule has 3 N–H and O–H groups in total. The van der Waals surface area contributed by atoms with Gasteiger partial charge in [0.1, 0.15) is 11.6 Å². The zero-order valence-corrected chi connectivity index (χ0v) is 16.5. The molecule has 10 heteroatoms. The van der Waals surface area contributed by atoms with Gasteiger partial charge in [-0.1, -0.05) is 17.7 Å². The van der Waals surface area contributed by atoms with E-state index in [4.69, 9.17) is 4.74 Å². The monoisotopic (exact) mass is 413 g/mol. The van der Waals surface area contributed by atoms with Crippen LogP contribution >= 0.6 is 0 Å². The Morgan fingerprint density at radius 3 is 2.45 bits per heavy atom. The highest BCUT2D eigenvalue weighted by molar-refractivity contribution is 7.92. The van der Waals surface area contributed by atoms with Crippen LogP contribution in [0.1, 0.15) is 11.1 Å². The Kier molecular flexibility index (Phi) is 5.93. The molecule has 9 nitrogen and oxygen atoms in total. The molecule has 150 valence electrons. The average Bonchev–Trinajstić information content (AvgIpc) is 2.68. The summed E-state index contributed by atoms with van der Waals surface area (Å²) in [5, 5.41) is 3.99. The zero-order chi connectivity index (χ0) is 20.9. The first kappa shape index (κ1) is 20.1. The summed E-state index contributed by atoms with van der Waals surface area (Å²) in [6.45, 7) is 1.85. The third-order valence-electron chi connectivity index (χ3n) is 3.81. The van der Waals surface area contributed by atoms with Crippen molar-refractivity contribution in [3.8, 4) is 5.75 Å². The molecule has 0 amide bonds. The summed E-state index contributed by atoms with van der Waals surface area (Å²) in [6, 6.07) is 14.5. The van der Waals surface area contributed by atoms with Crippen molar-refractivity contribution in [1.82, 2.24) is 9.97 Å². The second-order valence-corrected chi connectivity index (χ2v) is 7.72. The number of hydrogen-bond donors (Lipinski definition) is 3. The molecule has 0 atom stereocenters. The molecule has 0 aliphatic heterocycles. The predicted molar refractivity (Wildman–Crippen MR) is 111 cm³/mol. The Labute approximate surface area is 167 Å². The molecule has 29 heavy (non-hydrogen) atoms. The van der Waals surface area contributed by atoms with E-state index >= 15 is 0 Å². The van der Waals surface area contributed by atoms with E-state index in [-0.39, 0.29) is 16.7 Å². The molecule has 0 aliphatic carbocycles. The highest BCUT2D eigenvalue weighted by Gasteiger charge is 2.15. The van der Waals surface area contributed by atoms with Gasteiger partial charge in [0, 0.05) is 6.07 Å². The third kappa shape index (κ3) is 5.42. The second-order valence-electron chi connectivity index (χ2n) is 6.04. The van der Waals surface area contributed by atoms with E-state index < -0.39 is 15.6 Å². The fourth-order valence-corrected chi connectivity index (χ4v) is 3.33. The van der Waals surface area contributed by atoms with Crippen LogP contribution in [0.4, 0.5) is 11.8 Å². The van der Waals surface area contributed by atoms with Gasteiger partial charge in [-0.25, -0.2) is 13.8 Å². The number of methoxy groups -OCH3 is 1. The van der Waals surface area contributed by atoms with Gasteiger partial charge in [-0.3, -0.25) is 14.5 Å². The Bertz CT molecular complexity index is 1170.